The number of benzene rings is 1. The van der Waals surface area contributed by atoms with Crippen LogP contribution in [0.4, 0.5) is 5.69 Å². The molecule has 1 unspecified atom stereocenters. The molecule has 4 rings (SSSR count). The summed E-state index contributed by atoms with van der Waals surface area (Å²) in [6, 6.07) is 7.54. The van der Waals surface area contributed by atoms with E-state index in [1.807, 2.05) is 24.3 Å². The second-order valence-electron chi connectivity index (χ2n) is 6.13. The Morgan fingerprint density at radius 3 is 3.08 bits per heavy atom. The fourth-order valence-corrected chi connectivity index (χ4v) is 5.09. The van der Waals surface area contributed by atoms with Crippen LogP contribution in [0.5, 0.6) is 0 Å². The molecule has 1 atom stereocenters. The van der Waals surface area contributed by atoms with Crippen LogP contribution in [0.2, 0.25) is 0 Å². The SMILES string of the molecule is Cn1nc2c(c1S(=O)(=O)NC1CCNc3ccccc31)COCC2. The van der Waals surface area contributed by atoms with Crippen molar-refractivity contribution in [2.75, 3.05) is 18.5 Å². The van der Waals surface area contributed by atoms with E-state index < -0.39 is 10.0 Å². The standard InChI is InChI=1S/C16H20N4O3S/c1-20-16(12-10-23-9-7-14(12)18-20)24(21,22)19-15-6-8-17-13-5-3-2-4-11(13)15/h2-5,15,17,19H,6-10H2,1H3. The van der Waals surface area contributed by atoms with E-state index in [1.54, 1.807) is 7.05 Å². The number of nitrogens with zero attached hydrogens (tertiary/aromatic N) is 2. The monoisotopic (exact) mass is 348 g/mol. The van der Waals surface area contributed by atoms with E-state index in [-0.39, 0.29) is 11.1 Å². The summed E-state index contributed by atoms with van der Waals surface area (Å²) in [6.45, 7) is 1.61. The molecule has 0 aliphatic carbocycles. The van der Waals surface area contributed by atoms with E-state index in [9.17, 15) is 8.42 Å². The lowest BCUT2D eigenvalue weighted by Crippen LogP contribution is -2.34. The minimum atomic E-state index is -3.69. The van der Waals surface area contributed by atoms with Crippen molar-refractivity contribution >= 4 is 15.7 Å². The highest BCUT2D eigenvalue weighted by atomic mass is 32.2. The van der Waals surface area contributed by atoms with Crippen LogP contribution in [-0.4, -0.2) is 31.3 Å². The van der Waals surface area contributed by atoms with E-state index in [0.29, 0.717) is 31.6 Å². The van der Waals surface area contributed by atoms with Crippen LogP contribution in [-0.2, 0) is 34.8 Å². The number of aryl methyl sites for hydroxylation is 1. The summed E-state index contributed by atoms with van der Waals surface area (Å²) in [6.07, 6.45) is 1.35. The largest absolute Gasteiger partial charge is 0.385 e. The molecule has 0 spiro atoms. The first-order valence-electron chi connectivity index (χ1n) is 8.04. The summed E-state index contributed by atoms with van der Waals surface area (Å²) in [4.78, 5) is 0. The Morgan fingerprint density at radius 1 is 1.38 bits per heavy atom. The third kappa shape index (κ3) is 2.60. The van der Waals surface area contributed by atoms with Gasteiger partial charge in [0.15, 0.2) is 5.03 Å². The maximum absolute atomic E-state index is 13.0. The number of fused-ring (bicyclic) bond motifs is 2. The first kappa shape index (κ1) is 15.6. The molecule has 0 radical (unpaired) electrons. The van der Waals surface area contributed by atoms with Crippen molar-refractivity contribution in [3.8, 4) is 0 Å². The van der Waals surface area contributed by atoms with Crippen molar-refractivity contribution in [3.63, 3.8) is 0 Å². The molecule has 24 heavy (non-hydrogen) atoms. The van der Waals surface area contributed by atoms with E-state index >= 15 is 0 Å². The molecule has 128 valence electrons. The predicted octanol–water partition coefficient (Wildman–Crippen LogP) is 1.33. The number of sulfonamides is 1. The molecule has 0 bridgehead atoms. The Hall–Kier alpha value is -1.90. The Kier molecular flexibility index (Phi) is 3.82. The van der Waals surface area contributed by atoms with E-state index in [2.05, 4.69) is 15.1 Å². The van der Waals surface area contributed by atoms with Gasteiger partial charge in [-0.25, -0.2) is 13.1 Å². The summed E-state index contributed by atoms with van der Waals surface area (Å²) in [5, 5.41) is 7.88. The maximum atomic E-state index is 13.0. The third-order valence-corrected chi connectivity index (χ3v) is 6.15. The number of nitrogens with one attached hydrogen (secondary N) is 2. The highest BCUT2D eigenvalue weighted by Gasteiger charge is 2.32. The van der Waals surface area contributed by atoms with Crippen LogP contribution in [0.15, 0.2) is 29.3 Å². The first-order chi connectivity index (χ1) is 11.6. The van der Waals surface area contributed by atoms with E-state index in [4.69, 9.17) is 4.74 Å². The number of hydrogen-bond acceptors (Lipinski definition) is 5. The lowest BCUT2D eigenvalue weighted by atomic mass is 9.99. The molecule has 2 aromatic rings. The van der Waals surface area contributed by atoms with Crippen molar-refractivity contribution < 1.29 is 13.2 Å². The highest BCUT2D eigenvalue weighted by molar-refractivity contribution is 7.89. The lowest BCUT2D eigenvalue weighted by molar-refractivity contribution is 0.108. The van der Waals surface area contributed by atoms with E-state index in [1.165, 1.54) is 4.68 Å². The molecule has 7 nitrogen and oxygen atoms in total. The molecule has 0 amide bonds. The van der Waals surface area contributed by atoms with Crippen molar-refractivity contribution in [3.05, 3.63) is 41.1 Å². The average Bonchev–Trinajstić information content (AvgIpc) is 2.91. The first-order valence-corrected chi connectivity index (χ1v) is 9.52. The molecule has 3 heterocycles. The number of para-hydroxylation sites is 1. The van der Waals surface area contributed by atoms with Gasteiger partial charge in [-0.15, -0.1) is 0 Å². The quantitative estimate of drug-likeness (QED) is 0.874. The average molecular weight is 348 g/mol. The minimum absolute atomic E-state index is 0.216. The molecule has 1 aromatic heterocycles. The number of hydrogen-bond donors (Lipinski definition) is 2. The number of rotatable bonds is 3. The molecule has 0 fully saturated rings. The van der Waals surface area contributed by atoms with Gasteiger partial charge < -0.3 is 10.1 Å². The molecule has 0 saturated heterocycles. The van der Waals surface area contributed by atoms with Gasteiger partial charge in [-0.05, 0) is 18.1 Å². The molecule has 2 N–H and O–H groups in total. The van der Waals surface area contributed by atoms with Crippen LogP contribution in [0.25, 0.3) is 0 Å². The van der Waals surface area contributed by atoms with Gasteiger partial charge in [0, 0.05) is 31.3 Å². The predicted molar refractivity (Wildman–Crippen MR) is 89.2 cm³/mol. The van der Waals surface area contributed by atoms with Crippen LogP contribution in [0.1, 0.15) is 29.3 Å². The zero-order chi connectivity index (χ0) is 16.7. The summed E-state index contributed by atoms with van der Waals surface area (Å²) in [5.41, 5.74) is 3.44. The maximum Gasteiger partial charge on any atom is 0.258 e. The Labute approximate surface area is 141 Å². The number of aromatic nitrogens is 2. The van der Waals surface area contributed by atoms with Crippen LogP contribution in [0, 0.1) is 0 Å². The van der Waals surface area contributed by atoms with E-state index in [0.717, 1.165) is 23.5 Å². The smallest absolute Gasteiger partial charge is 0.258 e. The second kappa shape index (κ2) is 5.87. The molecule has 1 aromatic carbocycles. The minimum Gasteiger partial charge on any atom is -0.385 e. The Bertz CT molecular complexity index is 875. The fourth-order valence-electron chi connectivity index (χ4n) is 3.46. The number of anilines is 1. The molecular formula is C16H20N4O3S. The fraction of sp³-hybridized carbons (Fsp3) is 0.438. The van der Waals surface area contributed by atoms with Crippen molar-refractivity contribution in [1.82, 2.24) is 14.5 Å². The topological polar surface area (TPSA) is 85.2 Å². The molecule has 0 saturated carbocycles. The van der Waals surface area contributed by atoms with Gasteiger partial charge in [0.2, 0.25) is 0 Å². The van der Waals surface area contributed by atoms with Gasteiger partial charge in [-0.2, -0.15) is 5.10 Å². The Morgan fingerprint density at radius 2 is 2.21 bits per heavy atom. The molecule has 8 heteroatoms. The zero-order valence-electron chi connectivity index (χ0n) is 13.4. The van der Waals surface area contributed by atoms with Crippen LogP contribution >= 0.6 is 0 Å². The van der Waals surface area contributed by atoms with Gasteiger partial charge >= 0.3 is 0 Å². The van der Waals surface area contributed by atoms with Crippen molar-refractivity contribution in [2.45, 2.75) is 30.5 Å². The Balaban J connectivity index is 1.69. The summed E-state index contributed by atoms with van der Waals surface area (Å²) < 4.78 is 35.8. The number of ether oxygens (including phenoxy) is 1. The lowest BCUT2D eigenvalue weighted by Gasteiger charge is -2.27. The van der Waals surface area contributed by atoms with Crippen molar-refractivity contribution in [2.24, 2.45) is 7.05 Å². The van der Waals surface area contributed by atoms with Gasteiger partial charge in [0.25, 0.3) is 10.0 Å². The molecule has 2 aliphatic rings. The normalized spacial score (nSPS) is 20.1. The van der Waals surface area contributed by atoms with Crippen LogP contribution in [0.3, 0.4) is 0 Å². The summed E-state index contributed by atoms with van der Waals surface area (Å²) in [7, 11) is -2.02. The second-order valence-corrected chi connectivity index (χ2v) is 7.76. The third-order valence-electron chi connectivity index (χ3n) is 4.54. The van der Waals surface area contributed by atoms with Gasteiger partial charge in [0.05, 0.1) is 24.9 Å². The van der Waals surface area contributed by atoms with Crippen LogP contribution < -0.4 is 10.0 Å². The van der Waals surface area contributed by atoms with Gasteiger partial charge in [-0.3, -0.25) is 4.68 Å². The molecule has 2 aliphatic heterocycles. The summed E-state index contributed by atoms with van der Waals surface area (Å²) >= 11 is 0. The summed E-state index contributed by atoms with van der Waals surface area (Å²) in [5.74, 6) is 0. The van der Waals surface area contributed by atoms with Crippen molar-refractivity contribution in [1.29, 1.82) is 0 Å². The van der Waals surface area contributed by atoms with Gasteiger partial charge in [-0.1, -0.05) is 18.2 Å². The highest BCUT2D eigenvalue weighted by Crippen LogP contribution is 2.32. The van der Waals surface area contributed by atoms with Gasteiger partial charge in [0.1, 0.15) is 0 Å². The molecular weight excluding hydrogens is 328 g/mol. The zero-order valence-corrected chi connectivity index (χ0v) is 14.3.